The van der Waals surface area contributed by atoms with Crippen molar-refractivity contribution in [2.45, 2.75) is 43.0 Å². The molecule has 2 N–H and O–H groups in total. The molecule has 0 bridgehead atoms. The number of carbonyl (C=O) groups excluding carboxylic acids is 2. The smallest absolute Gasteiger partial charge is 0.256 e. The molecule has 3 aromatic rings. The summed E-state index contributed by atoms with van der Waals surface area (Å²) in [4.78, 5) is 28.8. The Labute approximate surface area is 189 Å². The fourth-order valence-corrected chi connectivity index (χ4v) is 5.53. The minimum absolute atomic E-state index is 0.00196. The van der Waals surface area contributed by atoms with Gasteiger partial charge in [0.05, 0.1) is 21.1 Å². The fourth-order valence-electron chi connectivity index (χ4n) is 3.57. The van der Waals surface area contributed by atoms with Crippen molar-refractivity contribution in [3.8, 4) is 0 Å². The van der Waals surface area contributed by atoms with E-state index in [2.05, 4.69) is 20.1 Å². The summed E-state index contributed by atoms with van der Waals surface area (Å²) >= 11 is 12.1. The van der Waals surface area contributed by atoms with Crippen molar-refractivity contribution < 1.29 is 13.8 Å². The molecule has 11 heteroatoms. The molecule has 31 heavy (non-hydrogen) atoms. The zero-order valence-electron chi connectivity index (χ0n) is 16.3. The molecule has 2 aromatic heterocycles. The van der Waals surface area contributed by atoms with Gasteiger partial charge in [0.2, 0.25) is 5.23 Å². The molecule has 1 aliphatic rings. The number of hydrogen-bond donors (Lipinski definition) is 2. The molecule has 1 unspecified atom stereocenters. The summed E-state index contributed by atoms with van der Waals surface area (Å²) in [6.07, 6.45) is 8.24. The Morgan fingerprint density at radius 3 is 2.71 bits per heavy atom. The van der Waals surface area contributed by atoms with Gasteiger partial charge < -0.3 is 5.32 Å². The number of aromatic nitrogens is 3. The first-order chi connectivity index (χ1) is 14.9. The molecule has 1 aromatic carbocycles. The number of halogens is 2. The summed E-state index contributed by atoms with van der Waals surface area (Å²) in [5.74, 6) is -0.170. The Bertz CT molecular complexity index is 1290. The summed E-state index contributed by atoms with van der Waals surface area (Å²) in [5, 5.41) is 8.85. The molecule has 0 radical (unpaired) electrons. The van der Waals surface area contributed by atoms with Gasteiger partial charge in [0.1, 0.15) is 11.4 Å². The maximum atomic E-state index is 13.2. The summed E-state index contributed by atoms with van der Waals surface area (Å²) < 4.78 is 17.3. The molecule has 1 saturated carbocycles. The predicted octanol–water partition coefficient (Wildman–Crippen LogP) is 3.84. The van der Waals surface area contributed by atoms with Crippen LogP contribution in [0.3, 0.4) is 0 Å². The maximum Gasteiger partial charge on any atom is 0.256 e. The fraction of sp³-hybridized carbons (Fsp3) is 0.300. The summed E-state index contributed by atoms with van der Waals surface area (Å²) in [5.41, 5.74) is 0.555. The van der Waals surface area contributed by atoms with Crippen LogP contribution in [0, 0.1) is 0 Å². The number of hydrogen-bond acceptors (Lipinski definition) is 5. The van der Waals surface area contributed by atoms with E-state index in [1.54, 1.807) is 6.20 Å². The van der Waals surface area contributed by atoms with Gasteiger partial charge in [-0.1, -0.05) is 48.5 Å². The Kier molecular flexibility index (Phi) is 6.20. The highest BCUT2D eigenvalue weighted by atomic mass is 35.5. The standard InChI is InChI=1S/C20H19Cl2N5O3S/c21-15-7-4-8-16(18(15)22)31(30,12-28)26-17-9-10-27-19(25-17)14(11-23-27)20(29)24-13-5-2-1-3-6-13/h4,7-11,13H,1-3,5-6H2,(H,24,29)(H,25,26,30). The van der Waals surface area contributed by atoms with Crippen LogP contribution in [0.2, 0.25) is 10.0 Å². The highest BCUT2D eigenvalue weighted by Gasteiger charge is 2.22. The molecule has 0 saturated heterocycles. The van der Waals surface area contributed by atoms with Gasteiger partial charge in [0.25, 0.3) is 5.91 Å². The molecule has 162 valence electrons. The van der Waals surface area contributed by atoms with Crippen molar-refractivity contribution in [1.29, 1.82) is 0 Å². The van der Waals surface area contributed by atoms with E-state index < -0.39 is 9.71 Å². The molecule has 1 amide bonds. The van der Waals surface area contributed by atoms with Gasteiger partial charge >= 0.3 is 0 Å². The lowest BCUT2D eigenvalue weighted by atomic mass is 9.95. The Hall–Kier alpha value is -2.58. The zero-order chi connectivity index (χ0) is 22.0. The van der Waals surface area contributed by atoms with Crippen LogP contribution in [-0.2, 0) is 14.5 Å². The van der Waals surface area contributed by atoms with Gasteiger partial charge in [-0.05, 0) is 31.0 Å². The van der Waals surface area contributed by atoms with Crippen LogP contribution in [0.15, 0.2) is 41.6 Å². The van der Waals surface area contributed by atoms with Crippen molar-refractivity contribution in [3.63, 3.8) is 0 Å². The number of carbonyl (C=O) groups is 1. The van der Waals surface area contributed by atoms with E-state index in [4.69, 9.17) is 23.2 Å². The number of nitrogens with zero attached hydrogens (tertiary/aromatic N) is 3. The molecule has 1 atom stereocenters. The van der Waals surface area contributed by atoms with E-state index in [9.17, 15) is 13.8 Å². The highest BCUT2D eigenvalue weighted by molar-refractivity contribution is 8.02. The van der Waals surface area contributed by atoms with Gasteiger partial charge in [-0.2, -0.15) is 5.10 Å². The lowest BCUT2D eigenvalue weighted by Crippen LogP contribution is -2.36. The third kappa shape index (κ3) is 4.41. The number of amides is 1. The topological polar surface area (TPSA) is 105 Å². The largest absolute Gasteiger partial charge is 0.349 e. The van der Waals surface area contributed by atoms with Crippen molar-refractivity contribution in [2.75, 3.05) is 4.72 Å². The third-order valence-corrected chi connectivity index (χ3v) is 7.77. The van der Waals surface area contributed by atoms with Crippen LogP contribution >= 0.6 is 23.2 Å². The Morgan fingerprint density at radius 1 is 1.19 bits per heavy atom. The third-order valence-electron chi connectivity index (χ3n) is 5.15. The van der Waals surface area contributed by atoms with Crippen LogP contribution < -0.4 is 10.0 Å². The molecule has 4 rings (SSSR count). The highest BCUT2D eigenvalue weighted by Crippen LogP contribution is 2.30. The minimum Gasteiger partial charge on any atom is -0.349 e. The zero-order valence-corrected chi connectivity index (χ0v) is 18.6. The van der Waals surface area contributed by atoms with Gasteiger partial charge in [-0.3, -0.25) is 9.52 Å². The summed E-state index contributed by atoms with van der Waals surface area (Å²) in [7, 11) is -3.58. The predicted molar refractivity (Wildman–Crippen MR) is 120 cm³/mol. The Morgan fingerprint density at radius 2 is 1.97 bits per heavy atom. The summed E-state index contributed by atoms with van der Waals surface area (Å²) in [6, 6.07) is 6.09. The number of fused-ring (bicyclic) bond motifs is 1. The van der Waals surface area contributed by atoms with Crippen LogP contribution in [0.5, 0.6) is 0 Å². The van der Waals surface area contributed by atoms with Crippen molar-refractivity contribution in [2.24, 2.45) is 0 Å². The van der Waals surface area contributed by atoms with E-state index in [0.29, 0.717) is 0 Å². The first-order valence-electron chi connectivity index (χ1n) is 9.71. The SMILES string of the molecule is O=C=S(=O)(Nc1ccn2ncc(C(=O)NC3CCCCC3)c2n1)c1cccc(Cl)c1Cl. The molecular weight excluding hydrogens is 461 g/mol. The summed E-state index contributed by atoms with van der Waals surface area (Å²) in [6.45, 7) is 0. The van der Waals surface area contributed by atoms with E-state index in [1.165, 1.54) is 46.6 Å². The maximum absolute atomic E-state index is 13.2. The van der Waals surface area contributed by atoms with Crippen molar-refractivity contribution in [1.82, 2.24) is 19.9 Å². The lowest BCUT2D eigenvalue weighted by Gasteiger charge is -2.22. The van der Waals surface area contributed by atoms with E-state index in [-0.39, 0.29) is 43.9 Å². The average Bonchev–Trinajstić information content (AvgIpc) is 3.19. The molecule has 2 heterocycles. The van der Waals surface area contributed by atoms with E-state index in [1.807, 2.05) is 0 Å². The molecule has 8 nitrogen and oxygen atoms in total. The van der Waals surface area contributed by atoms with Crippen molar-refractivity contribution >= 4 is 55.5 Å². The first-order valence-corrected chi connectivity index (χ1v) is 12.0. The molecule has 0 aliphatic heterocycles. The number of anilines is 1. The molecule has 1 aliphatic carbocycles. The second kappa shape index (κ2) is 8.88. The van der Waals surface area contributed by atoms with Gasteiger partial charge in [-0.15, -0.1) is 0 Å². The molecule has 1 fully saturated rings. The second-order valence-electron chi connectivity index (χ2n) is 7.24. The molecule has 0 spiro atoms. The van der Waals surface area contributed by atoms with E-state index >= 15 is 0 Å². The second-order valence-corrected chi connectivity index (χ2v) is 9.95. The van der Waals surface area contributed by atoms with Crippen molar-refractivity contribution in [3.05, 3.63) is 52.3 Å². The number of benzene rings is 1. The number of rotatable bonds is 5. The first kappa shape index (κ1) is 21.6. The Balaban J connectivity index is 1.65. The van der Waals surface area contributed by atoms with Gasteiger partial charge in [0.15, 0.2) is 15.4 Å². The van der Waals surface area contributed by atoms with Gasteiger partial charge in [0, 0.05) is 12.2 Å². The van der Waals surface area contributed by atoms with Crippen LogP contribution in [0.1, 0.15) is 42.5 Å². The number of nitrogens with one attached hydrogen (secondary N) is 2. The van der Waals surface area contributed by atoms with Gasteiger partial charge in [-0.25, -0.2) is 18.5 Å². The average molecular weight is 480 g/mol. The van der Waals surface area contributed by atoms with Crippen LogP contribution in [0.4, 0.5) is 5.82 Å². The molecular formula is C20H19Cl2N5O3S. The normalized spacial score (nSPS) is 16.5. The van der Waals surface area contributed by atoms with Crippen LogP contribution in [-0.4, -0.2) is 36.0 Å². The lowest BCUT2D eigenvalue weighted by molar-refractivity contribution is 0.0929. The monoisotopic (exact) mass is 479 g/mol. The van der Waals surface area contributed by atoms with E-state index in [0.717, 1.165) is 25.7 Å². The quantitative estimate of drug-likeness (QED) is 0.540. The minimum atomic E-state index is -3.58. The van der Waals surface area contributed by atoms with Crippen LogP contribution in [0.25, 0.3) is 5.65 Å².